The molecule has 0 saturated heterocycles. The second-order valence-corrected chi connectivity index (χ2v) is 3.02. The van der Waals surface area contributed by atoms with Crippen molar-refractivity contribution in [2.24, 2.45) is 0 Å². The molecule has 1 N–H and O–H groups in total. The fourth-order valence-electron chi connectivity index (χ4n) is 0.617. The Balaban J connectivity index is 0.00000169. The van der Waals surface area contributed by atoms with Crippen molar-refractivity contribution in [2.75, 3.05) is 5.32 Å². The van der Waals surface area contributed by atoms with Crippen LogP contribution in [0.1, 0.15) is 0 Å². The summed E-state index contributed by atoms with van der Waals surface area (Å²) in [5.74, 6) is -2.84. The molecule has 5 nitrogen and oxygen atoms in total. The largest absolute Gasteiger partial charge is 1.00 e. The molecular weight excluding hydrogens is 247 g/mol. The number of hydrogen-bond donors (Lipinski definition) is 1. The van der Waals surface area contributed by atoms with Crippen LogP contribution < -0.4 is 29.3 Å². The van der Waals surface area contributed by atoms with E-state index in [1.807, 2.05) is 5.32 Å². The number of nitrogens with zero attached hydrogens (tertiary/aromatic N) is 1. The summed E-state index contributed by atoms with van der Waals surface area (Å²) >= 11 is 3.14. The Labute approximate surface area is 100 Å². The van der Waals surface area contributed by atoms with Crippen LogP contribution in [0.3, 0.4) is 0 Å². The number of carbonyl (C=O) groups excluding carboxylic acids is 2. The summed E-state index contributed by atoms with van der Waals surface area (Å²) in [6.45, 7) is 0. The Morgan fingerprint density at radius 1 is 1.43 bits per heavy atom. The van der Waals surface area contributed by atoms with Gasteiger partial charge >= 0.3 is 18.9 Å². The third-order valence-corrected chi connectivity index (χ3v) is 1.62. The van der Waals surface area contributed by atoms with Crippen molar-refractivity contribution in [3.05, 3.63) is 22.8 Å². The quantitative estimate of drug-likeness (QED) is 0.415. The van der Waals surface area contributed by atoms with Crippen LogP contribution in [-0.4, -0.2) is 16.9 Å². The summed E-state index contributed by atoms with van der Waals surface area (Å²) in [6, 6.07) is 3.09. The van der Waals surface area contributed by atoms with E-state index >= 15 is 0 Å². The van der Waals surface area contributed by atoms with E-state index in [1.54, 1.807) is 6.07 Å². The number of anilines is 1. The van der Waals surface area contributed by atoms with Crippen LogP contribution in [0.25, 0.3) is 0 Å². The number of rotatable bonds is 1. The van der Waals surface area contributed by atoms with Gasteiger partial charge in [0.05, 0.1) is 0 Å². The Hall–Kier alpha value is -0.833. The third-order valence-electron chi connectivity index (χ3n) is 1.15. The minimum Gasteiger partial charge on any atom is -0.540 e. The smallest absolute Gasteiger partial charge is 0.540 e. The van der Waals surface area contributed by atoms with Crippen molar-refractivity contribution < 1.29 is 33.6 Å². The van der Waals surface area contributed by atoms with Crippen molar-refractivity contribution in [1.82, 2.24) is 4.98 Å². The standard InChI is InChI=1S/C7H5BrN2O3.Li/c8-4-1-2-5(9-3-4)10-6(11)7(12)13;/h1-3H,(H,12,13)(H,9,10,11);/q;+1/p-1. The molecule has 1 amide bonds. The molecule has 14 heavy (non-hydrogen) atoms. The van der Waals surface area contributed by atoms with Crippen molar-refractivity contribution in [1.29, 1.82) is 0 Å². The van der Waals surface area contributed by atoms with E-state index in [2.05, 4.69) is 20.9 Å². The molecule has 0 aliphatic rings. The number of pyridine rings is 1. The predicted molar refractivity (Wildman–Crippen MR) is 45.6 cm³/mol. The van der Waals surface area contributed by atoms with Crippen molar-refractivity contribution >= 4 is 33.6 Å². The van der Waals surface area contributed by atoms with Crippen LogP contribution in [0, 0.1) is 0 Å². The molecular formula is C7H4BrLiN2O3. The van der Waals surface area contributed by atoms with Gasteiger partial charge in [-0.15, -0.1) is 0 Å². The number of aromatic nitrogens is 1. The minimum absolute atomic E-state index is 0. The maximum absolute atomic E-state index is 10.6. The first-order valence-corrected chi connectivity index (χ1v) is 4.03. The molecule has 0 atom stereocenters. The first kappa shape index (κ1) is 13.2. The number of halogens is 1. The summed E-state index contributed by atoms with van der Waals surface area (Å²) in [6.07, 6.45) is 1.44. The molecule has 0 saturated carbocycles. The van der Waals surface area contributed by atoms with Crippen LogP contribution in [0.15, 0.2) is 22.8 Å². The van der Waals surface area contributed by atoms with E-state index in [9.17, 15) is 14.7 Å². The maximum Gasteiger partial charge on any atom is 1.00 e. The van der Waals surface area contributed by atoms with E-state index in [4.69, 9.17) is 0 Å². The Bertz CT molecular complexity index is 341. The van der Waals surface area contributed by atoms with Gasteiger partial charge in [-0.2, -0.15) is 0 Å². The van der Waals surface area contributed by atoms with Crippen LogP contribution in [-0.2, 0) is 9.59 Å². The van der Waals surface area contributed by atoms with Crippen LogP contribution in [0.2, 0.25) is 0 Å². The fraction of sp³-hybridized carbons (Fsp3) is 0. The predicted octanol–water partition coefficient (Wildman–Crippen LogP) is -3.46. The molecule has 1 heterocycles. The van der Waals surface area contributed by atoms with Crippen LogP contribution >= 0.6 is 15.9 Å². The molecule has 0 aromatic carbocycles. The monoisotopic (exact) mass is 250 g/mol. The molecule has 0 aliphatic carbocycles. The number of carboxylic acids is 1. The first-order chi connectivity index (χ1) is 6.09. The number of carbonyl (C=O) groups is 2. The van der Waals surface area contributed by atoms with Crippen molar-refractivity contribution in [3.8, 4) is 0 Å². The summed E-state index contributed by atoms with van der Waals surface area (Å²) in [4.78, 5) is 24.3. The third kappa shape index (κ3) is 3.92. The van der Waals surface area contributed by atoms with Gasteiger partial charge in [-0.3, -0.25) is 4.79 Å². The molecule has 0 radical (unpaired) electrons. The fourth-order valence-corrected chi connectivity index (χ4v) is 0.852. The molecule has 0 aliphatic heterocycles. The number of amides is 1. The maximum atomic E-state index is 10.6. The van der Waals surface area contributed by atoms with Gasteiger partial charge in [0, 0.05) is 10.7 Å². The number of nitrogens with one attached hydrogen (secondary N) is 1. The van der Waals surface area contributed by atoms with Crippen LogP contribution in [0.4, 0.5) is 5.82 Å². The Morgan fingerprint density at radius 3 is 2.50 bits per heavy atom. The van der Waals surface area contributed by atoms with Crippen LogP contribution in [0.5, 0.6) is 0 Å². The van der Waals surface area contributed by atoms with E-state index in [-0.39, 0.29) is 24.7 Å². The molecule has 0 spiro atoms. The number of hydrogen-bond acceptors (Lipinski definition) is 4. The minimum atomic E-state index is -1.79. The SMILES string of the molecule is O=C([O-])C(=O)Nc1ccc(Br)cn1.[Li+]. The molecule has 7 heteroatoms. The summed E-state index contributed by atoms with van der Waals surface area (Å²) < 4.78 is 0.735. The van der Waals surface area contributed by atoms with Gasteiger partial charge in [0.2, 0.25) is 0 Å². The molecule has 1 rings (SSSR count). The van der Waals surface area contributed by atoms with Gasteiger partial charge in [-0.05, 0) is 28.1 Å². The van der Waals surface area contributed by atoms with Gasteiger partial charge < -0.3 is 15.2 Å². The normalized spacial score (nSPS) is 8.64. The zero-order valence-electron chi connectivity index (χ0n) is 7.28. The summed E-state index contributed by atoms with van der Waals surface area (Å²) in [5.41, 5.74) is 0. The number of aliphatic carboxylic acids is 1. The van der Waals surface area contributed by atoms with E-state index in [0.717, 1.165) is 4.47 Å². The van der Waals surface area contributed by atoms with E-state index < -0.39 is 11.9 Å². The molecule has 68 valence electrons. The van der Waals surface area contributed by atoms with Gasteiger partial charge in [-0.1, -0.05) is 0 Å². The zero-order valence-corrected chi connectivity index (χ0v) is 8.87. The molecule has 1 aromatic heterocycles. The molecule has 1 aromatic rings. The molecule has 0 unspecified atom stereocenters. The first-order valence-electron chi connectivity index (χ1n) is 3.23. The Morgan fingerprint density at radius 2 is 2.07 bits per heavy atom. The topological polar surface area (TPSA) is 82.1 Å². The average molecular weight is 251 g/mol. The number of carboxylic acid groups (broad SMARTS) is 1. The zero-order chi connectivity index (χ0) is 9.84. The van der Waals surface area contributed by atoms with Crippen molar-refractivity contribution in [3.63, 3.8) is 0 Å². The van der Waals surface area contributed by atoms with Gasteiger partial charge in [0.25, 0.3) is 5.91 Å². The van der Waals surface area contributed by atoms with Gasteiger partial charge in [-0.25, -0.2) is 4.98 Å². The van der Waals surface area contributed by atoms with Gasteiger partial charge in [0.15, 0.2) is 0 Å². The summed E-state index contributed by atoms with van der Waals surface area (Å²) in [7, 11) is 0. The average Bonchev–Trinajstić information content (AvgIpc) is 2.08. The molecule has 0 bridgehead atoms. The van der Waals surface area contributed by atoms with Crippen molar-refractivity contribution in [2.45, 2.75) is 0 Å². The van der Waals surface area contributed by atoms with E-state index in [0.29, 0.717) is 0 Å². The second-order valence-electron chi connectivity index (χ2n) is 2.10. The second kappa shape index (κ2) is 5.81. The van der Waals surface area contributed by atoms with Gasteiger partial charge in [0.1, 0.15) is 11.8 Å². The molecule has 0 fully saturated rings. The summed E-state index contributed by atoms with van der Waals surface area (Å²) in [5, 5.41) is 12.0. The van der Waals surface area contributed by atoms with E-state index in [1.165, 1.54) is 12.3 Å². The Kier molecular flexibility index (Phi) is 5.46.